The number of halogens is 3. The Kier molecular flexibility index (Phi) is 4.72. The van der Waals surface area contributed by atoms with E-state index in [-0.39, 0.29) is 25.7 Å². The second-order valence-corrected chi connectivity index (χ2v) is 5.18. The Hall–Kier alpha value is -1.35. The van der Waals surface area contributed by atoms with Crippen molar-refractivity contribution in [3.8, 4) is 0 Å². The van der Waals surface area contributed by atoms with Gasteiger partial charge in [0.15, 0.2) is 0 Å². The van der Waals surface area contributed by atoms with Crippen LogP contribution in [0.25, 0.3) is 0 Å². The van der Waals surface area contributed by atoms with Crippen molar-refractivity contribution in [2.45, 2.75) is 37.1 Å². The fourth-order valence-electron chi connectivity index (χ4n) is 2.20. The van der Waals surface area contributed by atoms with Gasteiger partial charge in [-0.25, -0.2) is 4.79 Å². The number of carbonyl (C=O) groups excluding carboxylic acids is 2. The van der Waals surface area contributed by atoms with Gasteiger partial charge in [-0.2, -0.15) is 13.2 Å². The molecule has 9 heteroatoms. The van der Waals surface area contributed by atoms with Gasteiger partial charge in [-0.15, -0.1) is 0 Å². The molecule has 0 radical (unpaired) electrons. The molecule has 1 amide bonds. The molecule has 0 aromatic carbocycles. The van der Waals surface area contributed by atoms with Gasteiger partial charge in [-0.1, -0.05) is 0 Å². The Bertz CT molecular complexity index is 404. The largest absolute Gasteiger partial charge is 0.490 e. The number of ether oxygens (including phenoxy) is 2. The average molecular weight is 310 g/mol. The molecule has 0 aromatic heterocycles. The van der Waals surface area contributed by atoms with Gasteiger partial charge < -0.3 is 20.1 Å². The number of nitrogens with one attached hydrogen (secondary N) is 2. The molecule has 0 bridgehead atoms. The van der Waals surface area contributed by atoms with E-state index < -0.39 is 23.7 Å². The van der Waals surface area contributed by atoms with Crippen LogP contribution in [0.1, 0.15) is 19.3 Å². The lowest BCUT2D eigenvalue weighted by Gasteiger charge is -2.40. The lowest BCUT2D eigenvalue weighted by atomic mass is 9.95. The Balaban J connectivity index is 1.87. The van der Waals surface area contributed by atoms with E-state index in [4.69, 9.17) is 4.74 Å². The number of amides is 1. The fraction of sp³-hybridized carbons (Fsp3) is 0.833. The maximum absolute atomic E-state index is 12.2. The van der Waals surface area contributed by atoms with Crippen molar-refractivity contribution >= 4 is 11.9 Å². The van der Waals surface area contributed by atoms with Crippen LogP contribution in [0.2, 0.25) is 0 Å². The lowest BCUT2D eigenvalue weighted by molar-refractivity contribution is -0.218. The standard InChI is InChI=1S/C12H17F3N2O4/c13-12(14,15)10(19)21-11(6-16-7-11)9(18)17-5-8-3-1-2-4-20-8/h8,16H,1-7H2,(H,17,18). The molecular weight excluding hydrogens is 293 g/mol. The fourth-order valence-corrected chi connectivity index (χ4v) is 2.20. The molecule has 2 N–H and O–H groups in total. The number of hydrogen-bond acceptors (Lipinski definition) is 5. The van der Waals surface area contributed by atoms with Crippen LogP contribution in [0.15, 0.2) is 0 Å². The van der Waals surface area contributed by atoms with Gasteiger partial charge in [0.05, 0.1) is 6.10 Å². The maximum Gasteiger partial charge on any atom is 0.490 e. The zero-order valence-corrected chi connectivity index (χ0v) is 11.3. The van der Waals surface area contributed by atoms with E-state index in [1.807, 2.05) is 0 Å². The van der Waals surface area contributed by atoms with Crippen LogP contribution >= 0.6 is 0 Å². The van der Waals surface area contributed by atoms with E-state index in [0.717, 1.165) is 19.3 Å². The quantitative estimate of drug-likeness (QED) is 0.721. The van der Waals surface area contributed by atoms with Gasteiger partial charge in [-0.05, 0) is 19.3 Å². The van der Waals surface area contributed by atoms with Crippen LogP contribution in [0, 0.1) is 0 Å². The number of esters is 1. The van der Waals surface area contributed by atoms with Crippen molar-refractivity contribution in [1.29, 1.82) is 0 Å². The third-order valence-electron chi connectivity index (χ3n) is 3.52. The van der Waals surface area contributed by atoms with Crippen molar-refractivity contribution < 1.29 is 32.2 Å². The zero-order valence-electron chi connectivity index (χ0n) is 11.3. The van der Waals surface area contributed by atoms with Crippen LogP contribution < -0.4 is 10.6 Å². The molecule has 2 fully saturated rings. The molecule has 21 heavy (non-hydrogen) atoms. The third-order valence-corrected chi connectivity index (χ3v) is 3.52. The average Bonchev–Trinajstić information content (AvgIpc) is 2.40. The molecule has 0 aliphatic carbocycles. The summed E-state index contributed by atoms with van der Waals surface area (Å²) in [5.74, 6) is -3.08. The van der Waals surface area contributed by atoms with Crippen LogP contribution in [0.3, 0.4) is 0 Å². The topological polar surface area (TPSA) is 76.7 Å². The van der Waals surface area contributed by atoms with Crippen molar-refractivity contribution in [1.82, 2.24) is 10.6 Å². The van der Waals surface area contributed by atoms with Crippen LogP contribution in [-0.2, 0) is 19.1 Å². The number of alkyl halides is 3. The summed E-state index contributed by atoms with van der Waals surface area (Å²) >= 11 is 0. The van der Waals surface area contributed by atoms with E-state index in [1.165, 1.54) is 0 Å². The molecule has 6 nitrogen and oxygen atoms in total. The zero-order chi connectivity index (χ0) is 15.5. The highest BCUT2D eigenvalue weighted by Gasteiger charge is 2.53. The molecular formula is C12H17F3N2O4. The summed E-state index contributed by atoms with van der Waals surface area (Å²) in [4.78, 5) is 22.9. The van der Waals surface area contributed by atoms with Crippen molar-refractivity contribution in [2.24, 2.45) is 0 Å². The molecule has 2 saturated heterocycles. The van der Waals surface area contributed by atoms with E-state index >= 15 is 0 Å². The molecule has 0 saturated carbocycles. The van der Waals surface area contributed by atoms with Gasteiger partial charge in [0, 0.05) is 26.2 Å². The molecule has 0 aromatic rings. The van der Waals surface area contributed by atoms with Gasteiger partial charge >= 0.3 is 12.1 Å². The highest BCUT2D eigenvalue weighted by Crippen LogP contribution is 2.24. The van der Waals surface area contributed by atoms with E-state index in [2.05, 4.69) is 15.4 Å². The number of hydrogen-bond donors (Lipinski definition) is 2. The second-order valence-electron chi connectivity index (χ2n) is 5.18. The van der Waals surface area contributed by atoms with Gasteiger partial charge in [-0.3, -0.25) is 4.79 Å². The highest BCUT2D eigenvalue weighted by atomic mass is 19.4. The molecule has 2 rings (SSSR count). The molecule has 1 atom stereocenters. The second kappa shape index (κ2) is 6.18. The number of carbonyl (C=O) groups is 2. The third kappa shape index (κ3) is 3.85. The summed E-state index contributed by atoms with van der Waals surface area (Å²) in [7, 11) is 0. The van der Waals surface area contributed by atoms with Gasteiger partial charge in [0.1, 0.15) is 0 Å². The summed E-state index contributed by atoms with van der Waals surface area (Å²) in [6, 6.07) is 0. The molecule has 2 heterocycles. The maximum atomic E-state index is 12.2. The summed E-state index contributed by atoms with van der Waals surface area (Å²) in [6.45, 7) is 0.540. The summed E-state index contributed by atoms with van der Waals surface area (Å²) in [5.41, 5.74) is -1.78. The SMILES string of the molecule is O=C(OC1(C(=O)NCC2CCCCO2)CNC1)C(F)(F)F. The molecule has 120 valence electrons. The first-order valence-corrected chi connectivity index (χ1v) is 6.74. The van der Waals surface area contributed by atoms with E-state index in [1.54, 1.807) is 0 Å². The summed E-state index contributed by atoms with van der Waals surface area (Å²) in [6.07, 6.45) is -2.54. The normalized spacial score (nSPS) is 24.8. The number of rotatable bonds is 4. The van der Waals surface area contributed by atoms with Gasteiger partial charge in [0.25, 0.3) is 5.91 Å². The van der Waals surface area contributed by atoms with Crippen LogP contribution in [0.4, 0.5) is 13.2 Å². The minimum Gasteiger partial charge on any atom is -0.439 e. The summed E-state index contributed by atoms with van der Waals surface area (Å²) in [5, 5.41) is 5.14. The van der Waals surface area contributed by atoms with Crippen LogP contribution in [0.5, 0.6) is 0 Å². The monoisotopic (exact) mass is 310 g/mol. The Labute approximate surface area is 119 Å². The summed E-state index contributed by atoms with van der Waals surface area (Å²) < 4.78 is 46.5. The lowest BCUT2D eigenvalue weighted by Crippen LogP contribution is -2.70. The van der Waals surface area contributed by atoms with Crippen LogP contribution in [-0.4, -0.2) is 56.0 Å². The minimum absolute atomic E-state index is 0.133. The van der Waals surface area contributed by atoms with Crippen molar-refractivity contribution in [3.05, 3.63) is 0 Å². The molecule has 1 unspecified atom stereocenters. The predicted molar refractivity (Wildman–Crippen MR) is 64.3 cm³/mol. The molecule has 2 aliphatic heterocycles. The van der Waals surface area contributed by atoms with Gasteiger partial charge in [0.2, 0.25) is 5.60 Å². The van der Waals surface area contributed by atoms with Crippen molar-refractivity contribution in [2.75, 3.05) is 26.2 Å². The van der Waals surface area contributed by atoms with Crippen molar-refractivity contribution in [3.63, 3.8) is 0 Å². The molecule has 0 spiro atoms. The van der Waals surface area contributed by atoms with E-state index in [9.17, 15) is 22.8 Å². The first-order valence-electron chi connectivity index (χ1n) is 6.74. The Morgan fingerprint density at radius 2 is 2.05 bits per heavy atom. The first-order chi connectivity index (χ1) is 9.83. The minimum atomic E-state index is -5.12. The predicted octanol–water partition coefficient (Wildman–Crippen LogP) is 0.119. The van der Waals surface area contributed by atoms with E-state index in [0.29, 0.717) is 6.61 Å². The Morgan fingerprint density at radius 3 is 2.52 bits per heavy atom. The smallest absolute Gasteiger partial charge is 0.439 e. The first kappa shape index (κ1) is 16.0. The molecule has 2 aliphatic rings. The Morgan fingerprint density at radius 1 is 1.33 bits per heavy atom. The highest BCUT2D eigenvalue weighted by molar-refractivity contribution is 5.90.